The lowest BCUT2D eigenvalue weighted by atomic mass is 10.0. The van der Waals surface area contributed by atoms with Gasteiger partial charge in [-0.3, -0.25) is 14.4 Å². The zero-order chi connectivity index (χ0) is 30.3. The van der Waals surface area contributed by atoms with Gasteiger partial charge in [-0.05, 0) is 50.5 Å². The van der Waals surface area contributed by atoms with E-state index in [0.717, 1.165) is 35.9 Å². The minimum Gasteiger partial charge on any atom is -0.495 e. The summed E-state index contributed by atoms with van der Waals surface area (Å²) in [7, 11) is 3.53. The number of rotatable bonds is 12. The van der Waals surface area contributed by atoms with Crippen LogP contribution >= 0.6 is 0 Å². The summed E-state index contributed by atoms with van der Waals surface area (Å²) in [6.07, 6.45) is 3.71. The van der Waals surface area contributed by atoms with Crippen molar-refractivity contribution in [3.8, 4) is 28.5 Å². The minimum absolute atomic E-state index is 0.0338. The molecule has 1 fully saturated rings. The van der Waals surface area contributed by atoms with Crippen LogP contribution in [0.2, 0.25) is 0 Å². The number of piperidine rings is 1. The van der Waals surface area contributed by atoms with Gasteiger partial charge < -0.3 is 29.1 Å². The zero-order valence-corrected chi connectivity index (χ0v) is 24.4. The molecule has 0 aliphatic carbocycles. The van der Waals surface area contributed by atoms with E-state index in [1.807, 2.05) is 60.5 Å². The number of ether oxygens (including phenoxy) is 3. The van der Waals surface area contributed by atoms with Crippen molar-refractivity contribution in [1.29, 1.82) is 0 Å². The number of carboxylic acid groups (broad SMARTS) is 1. The molecule has 2 heterocycles. The van der Waals surface area contributed by atoms with E-state index in [-0.39, 0.29) is 25.0 Å². The smallest absolute Gasteiger partial charge is 0.306 e. The lowest BCUT2D eigenvalue weighted by molar-refractivity contribution is -0.137. The van der Waals surface area contributed by atoms with Crippen molar-refractivity contribution < 1.29 is 33.7 Å². The number of benzene rings is 2. The highest BCUT2D eigenvalue weighted by Crippen LogP contribution is 2.35. The summed E-state index contributed by atoms with van der Waals surface area (Å²) in [6.45, 7) is 4.61. The number of nitrogens with zero attached hydrogens (tertiary/aromatic N) is 3. The van der Waals surface area contributed by atoms with E-state index in [1.165, 1.54) is 0 Å². The maximum Gasteiger partial charge on any atom is 0.306 e. The van der Waals surface area contributed by atoms with Gasteiger partial charge in [0.2, 0.25) is 5.88 Å². The molecule has 0 atom stereocenters. The Balaban J connectivity index is 1.41. The third-order valence-electron chi connectivity index (χ3n) is 7.27. The number of carbonyl (C=O) groups is 3. The molecule has 0 radical (unpaired) electrons. The van der Waals surface area contributed by atoms with E-state index < -0.39 is 11.6 Å². The highest BCUT2D eigenvalue weighted by Gasteiger charge is 2.29. The van der Waals surface area contributed by atoms with Gasteiger partial charge in [0, 0.05) is 43.4 Å². The Labute approximate surface area is 245 Å². The SMILES string of the molecule is COc1cnc(OC(C)(C)C=O)c(N(C)C2CCN(C(=O)c3ccc(-c4ccccc4OCCC(=O)O)cc3)CC2)c1. The van der Waals surface area contributed by atoms with Crippen LogP contribution in [0.5, 0.6) is 17.4 Å². The van der Waals surface area contributed by atoms with Crippen LogP contribution in [0.1, 0.15) is 43.5 Å². The standard InChI is InChI=1S/C32H37N3O7/c1-32(2,21-36)42-30-27(19-25(40-4)20-33-30)34(3)24-13-16-35(17-14-24)31(39)23-11-9-22(10-12-23)26-7-5-6-8-28(26)41-18-15-29(37)38/h5-12,19-21,24H,13-18H2,1-4H3,(H,37,38). The van der Waals surface area contributed by atoms with Gasteiger partial charge in [0.25, 0.3) is 5.91 Å². The van der Waals surface area contributed by atoms with Gasteiger partial charge in [-0.1, -0.05) is 30.3 Å². The first-order valence-corrected chi connectivity index (χ1v) is 13.9. The molecule has 0 unspecified atom stereocenters. The molecule has 0 bridgehead atoms. The highest BCUT2D eigenvalue weighted by molar-refractivity contribution is 5.95. The van der Waals surface area contributed by atoms with E-state index in [4.69, 9.17) is 19.3 Å². The maximum atomic E-state index is 13.3. The summed E-state index contributed by atoms with van der Waals surface area (Å²) in [6, 6.07) is 16.8. The average molecular weight is 576 g/mol. The molecule has 0 spiro atoms. The van der Waals surface area contributed by atoms with Crippen molar-refractivity contribution in [2.75, 3.05) is 38.8 Å². The van der Waals surface area contributed by atoms with Gasteiger partial charge in [-0.25, -0.2) is 4.98 Å². The van der Waals surface area contributed by atoms with Gasteiger partial charge >= 0.3 is 5.97 Å². The van der Waals surface area contributed by atoms with Gasteiger partial charge in [0.1, 0.15) is 17.2 Å². The Morgan fingerprint density at radius 1 is 1.12 bits per heavy atom. The number of aromatic nitrogens is 1. The highest BCUT2D eigenvalue weighted by atomic mass is 16.5. The summed E-state index contributed by atoms with van der Waals surface area (Å²) in [5.41, 5.74) is 1.99. The first-order chi connectivity index (χ1) is 20.1. The van der Waals surface area contributed by atoms with Crippen molar-refractivity contribution in [3.05, 3.63) is 66.4 Å². The third-order valence-corrected chi connectivity index (χ3v) is 7.27. The lowest BCUT2D eigenvalue weighted by Gasteiger charge is -2.38. The van der Waals surface area contributed by atoms with Crippen molar-refractivity contribution in [2.45, 2.75) is 44.8 Å². The number of carboxylic acids is 1. The van der Waals surface area contributed by atoms with Crippen LogP contribution in [0.4, 0.5) is 5.69 Å². The van der Waals surface area contributed by atoms with E-state index in [0.29, 0.717) is 36.0 Å². The van der Waals surface area contributed by atoms with Gasteiger partial charge in [-0.2, -0.15) is 0 Å². The fraction of sp³-hybridized carbons (Fsp3) is 0.375. The molecule has 2 aromatic carbocycles. The molecule has 3 aromatic rings. The minimum atomic E-state index is -1.03. The van der Waals surface area contributed by atoms with Crippen LogP contribution in [0.3, 0.4) is 0 Å². The first-order valence-electron chi connectivity index (χ1n) is 13.9. The molecule has 1 aliphatic heterocycles. The molecule has 1 amide bonds. The van der Waals surface area contributed by atoms with E-state index in [1.54, 1.807) is 33.2 Å². The molecule has 1 aliphatic rings. The molecular weight excluding hydrogens is 538 g/mol. The number of anilines is 1. The van der Waals surface area contributed by atoms with Crippen LogP contribution < -0.4 is 19.1 Å². The second-order valence-corrected chi connectivity index (χ2v) is 10.7. The van der Waals surface area contributed by atoms with Crippen molar-refractivity contribution >= 4 is 23.9 Å². The molecule has 4 rings (SSSR count). The normalized spacial score (nSPS) is 13.8. The largest absolute Gasteiger partial charge is 0.495 e. The Kier molecular flexibility index (Phi) is 9.67. The predicted octanol–water partition coefficient (Wildman–Crippen LogP) is 4.71. The Bertz CT molecular complexity index is 1400. The van der Waals surface area contributed by atoms with Crippen molar-refractivity contribution in [3.63, 3.8) is 0 Å². The van der Waals surface area contributed by atoms with Crippen molar-refractivity contribution in [1.82, 2.24) is 9.88 Å². The summed E-state index contributed by atoms with van der Waals surface area (Å²) < 4.78 is 17.0. The fourth-order valence-electron chi connectivity index (χ4n) is 4.85. The average Bonchev–Trinajstić information content (AvgIpc) is 3.00. The maximum absolute atomic E-state index is 13.3. The molecule has 1 N–H and O–H groups in total. The van der Waals surface area contributed by atoms with Gasteiger partial charge in [0.15, 0.2) is 11.9 Å². The van der Waals surface area contributed by atoms with Crippen LogP contribution in [0.25, 0.3) is 11.1 Å². The van der Waals surface area contributed by atoms with E-state index in [9.17, 15) is 14.4 Å². The summed E-state index contributed by atoms with van der Waals surface area (Å²) in [5.74, 6) is 0.578. The number of carbonyl (C=O) groups excluding carboxylic acids is 2. The molecule has 0 saturated carbocycles. The van der Waals surface area contributed by atoms with Crippen LogP contribution in [0.15, 0.2) is 60.8 Å². The molecule has 10 nitrogen and oxygen atoms in total. The second-order valence-electron chi connectivity index (χ2n) is 10.7. The Morgan fingerprint density at radius 2 is 1.81 bits per heavy atom. The zero-order valence-electron chi connectivity index (χ0n) is 24.4. The molecular formula is C32H37N3O7. The number of pyridine rings is 1. The number of likely N-dealkylation sites (tertiary alicyclic amines) is 1. The van der Waals surface area contributed by atoms with E-state index in [2.05, 4.69) is 9.88 Å². The Hall–Kier alpha value is -4.60. The van der Waals surface area contributed by atoms with Crippen molar-refractivity contribution in [2.24, 2.45) is 0 Å². The lowest BCUT2D eigenvalue weighted by Crippen LogP contribution is -2.46. The number of aliphatic carboxylic acids is 1. The molecule has 1 aromatic heterocycles. The quantitative estimate of drug-likeness (QED) is 0.306. The van der Waals surface area contributed by atoms with Crippen LogP contribution in [0, 0.1) is 0 Å². The summed E-state index contributed by atoms with van der Waals surface area (Å²) in [5, 5.41) is 8.90. The number of hydrogen-bond donors (Lipinski definition) is 1. The predicted molar refractivity (Wildman–Crippen MR) is 159 cm³/mol. The van der Waals surface area contributed by atoms with Gasteiger partial charge in [-0.15, -0.1) is 0 Å². The fourth-order valence-corrected chi connectivity index (χ4v) is 4.85. The first kappa shape index (κ1) is 30.4. The summed E-state index contributed by atoms with van der Waals surface area (Å²) >= 11 is 0. The third kappa shape index (κ3) is 7.37. The topological polar surface area (TPSA) is 119 Å². The van der Waals surface area contributed by atoms with Gasteiger partial charge in [0.05, 0.1) is 26.3 Å². The molecule has 42 heavy (non-hydrogen) atoms. The Morgan fingerprint density at radius 3 is 2.45 bits per heavy atom. The number of hydrogen-bond acceptors (Lipinski definition) is 8. The molecule has 10 heteroatoms. The molecule has 222 valence electrons. The second kappa shape index (κ2) is 13.4. The van der Waals surface area contributed by atoms with Crippen LogP contribution in [-0.2, 0) is 9.59 Å². The number of methoxy groups -OCH3 is 1. The van der Waals surface area contributed by atoms with E-state index >= 15 is 0 Å². The number of amides is 1. The number of aldehydes is 1. The summed E-state index contributed by atoms with van der Waals surface area (Å²) in [4.78, 5) is 44.0. The molecule has 1 saturated heterocycles. The van der Waals surface area contributed by atoms with Crippen LogP contribution in [-0.4, -0.2) is 78.6 Å². The monoisotopic (exact) mass is 575 g/mol. The number of para-hydroxylation sites is 1.